The van der Waals surface area contributed by atoms with Crippen LogP contribution in [0.15, 0.2) is 0 Å². The van der Waals surface area contributed by atoms with Crippen LogP contribution in [0.3, 0.4) is 0 Å². The summed E-state index contributed by atoms with van der Waals surface area (Å²) in [5.74, 6) is 5.47. The maximum atomic E-state index is 4.99. The second-order valence-corrected chi connectivity index (χ2v) is 0.867. The lowest BCUT2D eigenvalue weighted by molar-refractivity contribution is 1.20. The predicted molar refractivity (Wildman–Crippen MR) is 26.6 cm³/mol. The molecule has 6 heavy (non-hydrogen) atoms. The summed E-state index contributed by atoms with van der Waals surface area (Å²) in [5, 5.41) is 0. The quantitative estimate of drug-likeness (QED) is 0.458. The molecule has 0 amide bonds. The SMILES string of the molecule is CC#CC[CH]N. The van der Waals surface area contributed by atoms with Gasteiger partial charge in [-0.25, -0.2) is 0 Å². The molecule has 1 heteroatoms. The zero-order valence-corrected chi connectivity index (χ0v) is 3.86. The smallest absolute Gasteiger partial charge is 0.0312 e. The predicted octanol–water partition coefficient (Wildman–Crippen LogP) is 0.520. The van der Waals surface area contributed by atoms with Crippen LogP contribution in [0.1, 0.15) is 13.3 Å². The average Bonchev–Trinajstić information content (AvgIpc) is 1.61. The minimum atomic E-state index is 0.705. The van der Waals surface area contributed by atoms with Gasteiger partial charge in [0.25, 0.3) is 0 Å². The van der Waals surface area contributed by atoms with Crippen LogP contribution in [-0.2, 0) is 0 Å². The van der Waals surface area contributed by atoms with Gasteiger partial charge in [-0.3, -0.25) is 0 Å². The summed E-state index contributed by atoms with van der Waals surface area (Å²) in [4.78, 5) is 0. The van der Waals surface area contributed by atoms with Crippen LogP contribution >= 0.6 is 0 Å². The molecule has 0 fully saturated rings. The van der Waals surface area contributed by atoms with E-state index in [2.05, 4.69) is 11.8 Å². The van der Waals surface area contributed by atoms with E-state index in [1.807, 2.05) is 0 Å². The molecule has 0 saturated heterocycles. The van der Waals surface area contributed by atoms with Crippen molar-refractivity contribution in [3.63, 3.8) is 0 Å². The third-order valence-electron chi connectivity index (χ3n) is 0.397. The zero-order valence-electron chi connectivity index (χ0n) is 3.86. The van der Waals surface area contributed by atoms with Crippen molar-refractivity contribution in [2.75, 3.05) is 0 Å². The maximum absolute atomic E-state index is 4.99. The number of nitrogens with two attached hydrogens (primary N) is 1. The largest absolute Gasteiger partial charge is 0.326 e. The van der Waals surface area contributed by atoms with Crippen molar-refractivity contribution in [3.05, 3.63) is 6.54 Å². The molecule has 0 aliphatic rings. The van der Waals surface area contributed by atoms with E-state index < -0.39 is 0 Å². The van der Waals surface area contributed by atoms with Gasteiger partial charge >= 0.3 is 0 Å². The van der Waals surface area contributed by atoms with Gasteiger partial charge in [0.05, 0.1) is 0 Å². The molecule has 0 rings (SSSR count). The first kappa shape index (κ1) is 5.52. The van der Waals surface area contributed by atoms with E-state index in [1.165, 1.54) is 6.54 Å². The fraction of sp³-hybridized carbons (Fsp3) is 0.400. The Labute approximate surface area is 38.5 Å². The van der Waals surface area contributed by atoms with Crippen LogP contribution in [0.25, 0.3) is 0 Å². The highest BCUT2D eigenvalue weighted by Crippen LogP contribution is 1.69. The molecule has 0 aromatic heterocycles. The number of hydrogen-bond donors (Lipinski definition) is 1. The van der Waals surface area contributed by atoms with Crippen LogP contribution in [0.5, 0.6) is 0 Å². The summed E-state index contributed by atoms with van der Waals surface area (Å²) < 4.78 is 0. The van der Waals surface area contributed by atoms with E-state index in [1.54, 1.807) is 6.92 Å². The Kier molecular flexibility index (Phi) is 4.16. The maximum Gasteiger partial charge on any atom is 0.0312 e. The van der Waals surface area contributed by atoms with Crippen molar-refractivity contribution in [2.24, 2.45) is 5.73 Å². The third-order valence-corrected chi connectivity index (χ3v) is 0.397. The molecular weight excluding hydrogens is 74.1 g/mol. The summed E-state index contributed by atoms with van der Waals surface area (Å²) in [6.45, 7) is 3.33. The fourth-order valence-corrected chi connectivity index (χ4v) is 0.161. The van der Waals surface area contributed by atoms with E-state index in [0.29, 0.717) is 6.42 Å². The Balaban J connectivity index is 2.79. The van der Waals surface area contributed by atoms with Gasteiger partial charge in [-0.1, -0.05) is 0 Å². The van der Waals surface area contributed by atoms with E-state index >= 15 is 0 Å². The van der Waals surface area contributed by atoms with Crippen LogP contribution in [0, 0.1) is 18.4 Å². The van der Waals surface area contributed by atoms with Crippen LogP contribution in [0.2, 0.25) is 0 Å². The van der Waals surface area contributed by atoms with Crippen molar-refractivity contribution < 1.29 is 0 Å². The molecule has 2 N–H and O–H groups in total. The Bertz CT molecular complexity index is 65.7. The molecule has 0 aliphatic heterocycles. The summed E-state index contributed by atoms with van der Waals surface area (Å²) in [7, 11) is 0. The first-order valence-electron chi connectivity index (χ1n) is 1.85. The van der Waals surface area contributed by atoms with Gasteiger partial charge in [0.2, 0.25) is 0 Å². The van der Waals surface area contributed by atoms with E-state index in [-0.39, 0.29) is 0 Å². The molecule has 0 atom stereocenters. The molecule has 0 saturated carbocycles. The van der Waals surface area contributed by atoms with E-state index in [9.17, 15) is 0 Å². The molecule has 1 nitrogen and oxygen atoms in total. The topological polar surface area (TPSA) is 26.0 Å². The highest BCUT2D eigenvalue weighted by Gasteiger charge is 1.64. The molecule has 0 heterocycles. The number of hydrogen-bond acceptors (Lipinski definition) is 1. The van der Waals surface area contributed by atoms with E-state index in [4.69, 9.17) is 5.73 Å². The van der Waals surface area contributed by atoms with Gasteiger partial charge in [0, 0.05) is 13.0 Å². The minimum absolute atomic E-state index is 0.705. The summed E-state index contributed by atoms with van der Waals surface area (Å²) in [5.41, 5.74) is 4.99. The Morgan fingerprint density at radius 3 is 2.67 bits per heavy atom. The molecule has 0 aliphatic carbocycles. The monoisotopic (exact) mass is 82.1 g/mol. The highest BCUT2D eigenvalue weighted by atomic mass is 14.5. The molecule has 1 radical (unpaired) electrons. The van der Waals surface area contributed by atoms with Crippen molar-refractivity contribution in [1.29, 1.82) is 0 Å². The summed E-state index contributed by atoms with van der Waals surface area (Å²) in [6, 6.07) is 0. The van der Waals surface area contributed by atoms with E-state index in [0.717, 1.165) is 0 Å². The first-order chi connectivity index (χ1) is 2.91. The fourth-order valence-electron chi connectivity index (χ4n) is 0.161. The zero-order chi connectivity index (χ0) is 4.83. The van der Waals surface area contributed by atoms with Gasteiger partial charge < -0.3 is 5.73 Å². The standard InChI is InChI=1S/C5H8N/c1-2-3-4-5-6/h5H,4,6H2,1H3. The van der Waals surface area contributed by atoms with Gasteiger partial charge in [-0.2, -0.15) is 0 Å². The van der Waals surface area contributed by atoms with Gasteiger partial charge in [0.1, 0.15) is 0 Å². The third kappa shape index (κ3) is 3.52. The lowest BCUT2D eigenvalue weighted by Gasteiger charge is -1.72. The normalized spacial score (nSPS) is 6.33. The highest BCUT2D eigenvalue weighted by molar-refractivity contribution is 4.97. The number of rotatable bonds is 1. The van der Waals surface area contributed by atoms with Crippen LogP contribution < -0.4 is 5.73 Å². The molecule has 0 aromatic carbocycles. The summed E-state index contributed by atoms with van der Waals surface area (Å²) in [6.07, 6.45) is 0.705. The van der Waals surface area contributed by atoms with Crippen molar-refractivity contribution >= 4 is 0 Å². The lowest BCUT2D eigenvalue weighted by Crippen LogP contribution is -1.85. The Hall–Kier alpha value is -0.480. The minimum Gasteiger partial charge on any atom is -0.326 e. The molecular formula is C5H8N. The van der Waals surface area contributed by atoms with Crippen molar-refractivity contribution in [1.82, 2.24) is 0 Å². The molecule has 33 valence electrons. The van der Waals surface area contributed by atoms with Crippen LogP contribution in [0.4, 0.5) is 0 Å². The molecule has 0 spiro atoms. The van der Waals surface area contributed by atoms with Crippen LogP contribution in [-0.4, -0.2) is 0 Å². The second kappa shape index (κ2) is 4.52. The molecule has 0 bridgehead atoms. The Morgan fingerprint density at radius 1 is 1.83 bits per heavy atom. The summed E-state index contributed by atoms with van der Waals surface area (Å²) >= 11 is 0. The molecule has 0 aromatic rings. The van der Waals surface area contributed by atoms with Gasteiger partial charge in [0.15, 0.2) is 0 Å². The Morgan fingerprint density at radius 2 is 2.50 bits per heavy atom. The van der Waals surface area contributed by atoms with Gasteiger partial charge in [-0.15, -0.1) is 11.8 Å². The van der Waals surface area contributed by atoms with Gasteiger partial charge in [-0.05, 0) is 6.92 Å². The lowest BCUT2D eigenvalue weighted by atomic mass is 10.4. The first-order valence-corrected chi connectivity index (χ1v) is 1.85. The molecule has 0 unspecified atom stereocenters. The average molecular weight is 82.1 g/mol. The van der Waals surface area contributed by atoms with Crippen molar-refractivity contribution in [2.45, 2.75) is 13.3 Å². The second-order valence-electron chi connectivity index (χ2n) is 0.867. The van der Waals surface area contributed by atoms with Crippen molar-refractivity contribution in [3.8, 4) is 11.8 Å².